The van der Waals surface area contributed by atoms with E-state index in [9.17, 15) is 5.11 Å². The number of hydrogen-bond donors (Lipinski definition) is 2. The van der Waals surface area contributed by atoms with E-state index >= 15 is 0 Å². The van der Waals surface area contributed by atoms with Crippen LogP contribution in [-0.4, -0.2) is 49.4 Å². The second-order valence-electron chi connectivity index (χ2n) is 5.21. The molecule has 0 saturated carbocycles. The molecule has 1 aromatic carbocycles. The Hall–Kier alpha value is -1.10. The van der Waals surface area contributed by atoms with Gasteiger partial charge >= 0.3 is 0 Å². The van der Waals surface area contributed by atoms with Crippen LogP contribution in [0.25, 0.3) is 0 Å². The van der Waals surface area contributed by atoms with E-state index in [2.05, 4.69) is 10.2 Å². The minimum absolute atomic E-state index is 0.414. The Bertz CT molecular complexity index is 392. The van der Waals surface area contributed by atoms with Gasteiger partial charge in [-0.05, 0) is 30.5 Å². The molecule has 0 amide bonds. The van der Waals surface area contributed by atoms with Gasteiger partial charge in [0.2, 0.25) is 0 Å². The molecule has 4 heteroatoms. The zero-order chi connectivity index (χ0) is 13.7. The molecular formula is C15H24N2O2. The predicted octanol–water partition coefficient (Wildman–Crippen LogP) is 1.43. The summed E-state index contributed by atoms with van der Waals surface area (Å²) in [5.74, 6) is 0.414. The Kier molecular flexibility index (Phi) is 5.19. The van der Waals surface area contributed by atoms with Gasteiger partial charge in [-0.3, -0.25) is 4.90 Å². The molecule has 1 fully saturated rings. The maximum atomic E-state index is 9.73. The topological polar surface area (TPSA) is 44.7 Å². The van der Waals surface area contributed by atoms with E-state index in [4.69, 9.17) is 4.74 Å². The van der Waals surface area contributed by atoms with Crippen molar-refractivity contribution in [2.45, 2.75) is 20.4 Å². The maximum Gasteiger partial charge on any atom is 0.121 e. The summed E-state index contributed by atoms with van der Waals surface area (Å²) in [7, 11) is 0. The van der Waals surface area contributed by atoms with E-state index in [1.54, 1.807) is 0 Å². The average molecular weight is 264 g/mol. The van der Waals surface area contributed by atoms with Crippen LogP contribution in [0.2, 0.25) is 0 Å². The molecule has 0 bridgehead atoms. The lowest BCUT2D eigenvalue weighted by atomic mass is 10.1. The summed E-state index contributed by atoms with van der Waals surface area (Å²) in [4.78, 5) is 2.42. The smallest absolute Gasteiger partial charge is 0.121 e. The van der Waals surface area contributed by atoms with Crippen molar-refractivity contribution in [2.24, 2.45) is 0 Å². The van der Waals surface area contributed by atoms with Gasteiger partial charge in [0.05, 0.1) is 13.2 Å². The number of phenols is 1. The Labute approximate surface area is 115 Å². The highest BCUT2D eigenvalue weighted by atomic mass is 16.5. The van der Waals surface area contributed by atoms with Crippen molar-refractivity contribution in [3.8, 4) is 5.75 Å². The van der Waals surface area contributed by atoms with Gasteiger partial charge in [0, 0.05) is 32.7 Å². The quantitative estimate of drug-likeness (QED) is 0.790. The lowest BCUT2D eigenvalue weighted by molar-refractivity contribution is 0.0384. The number of hydrogen-bond acceptors (Lipinski definition) is 4. The number of benzene rings is 1. The number of aryl methyl sites for hydroxylation is 2. The van der Waals surface area contributed by atoms with Crippen LogP contribution < -0.4 is 5.32 Å². The number of nitrogens with zero attached hydrogens (tertiary/aromatic N) is 1. The maximum absolute atomic E-state index is 9.73. The van der Waals surface area contributed by atoms with Crippen molar-refractivity contribution >= 4 is 0 Å². The first-order chi connectivity index (χ1) is 9.16. The van der Waals surface area contributed by atoms with E-state index in [-0.39, 0.29) is 0 Å². The highest BCUT2D eigenvalue weighted by Crippen LogP contribution is 2.22. The molecule has 106 valence electrons. The van der Waals surface area contributed by atoms with Crippen molar-refractivity contribution in [3.05, 3.63) is 28.8 Å². The molecule has 1 aromatic rings. The molecule has 19 heavy (non-hydrogen) atoms. The molecule has 4 nitrogen and oxygen atoms in total. The fourth-order valence-corrected chi connectivity index (χ4v) is 2.44. The fraction of sp³-hybridized carbons (Fsp3) is 0.600. The third-order valence-electron chi connectivity index (χ3n) is 3.59. The van der Waals surface area contributed by atoms with Gasteiger partial charge in [-0.2, -0.15) is 0 Å². The average Bonchev–Trinajstić information content (AvgIpc) is 2.42. The van der Waals surface area contributed by atoms with Crippen molar-refractivity contribution in [1.29, 1.82) is 0 Å². The number of ether oxygens (including phenoxy) is 1. The molecule has 0 spiro atoms. The third-order valence-corrected chi connectivity index (χ3v) is 3.59. The minimum atomic E-state index is 0.414. The summed E-state index contributed by atoms with van der Waals surface area (Å²) in [5.41, 5.74) is 3.13. The van der Waals surface area contributed by atoms with Crippen molar-refractivity contribution in [3.63, 3.8) is 0 Å². The van der Waals surface area contributed by atoms with Gasteiger partial charge < -0.3 is 15.2 Å². The minimum Gasteiger partial charge on any atom is -0.507 e. The molecule has 1 aliphatic rings. The number of morpholine rings is 1. The largest absolute Gasteiger partial charge is 0.507 e. The third kappa shape index (κ3) is 4.20. The first-order valence-electron chi connectivity index (χ1n) is 6.97. The van der Waals surface area contributed by atoms with E-state index in [1.165, 1.54) is 5.56 Å². The van der Waals surface area contributed by atoms with Gasteiger partial charge in [0.15, 0.2) is 0 Å². The van der Waals surface area contributed by atoms with Crippen LogP contribution in [0.5, 0.6) is 5.75 Å². The summed E-state index contributed by atoms with van der Waals surface area (Å²) in [6.07, 6.45) is 0. The fourth-order valence-electron chi connectivity index (χ4n) is 2.44. The Morgan fingerprint density at radius 2 is 1.84 bits per heavy atom. The Morgan fingerprint density at radius 1 is 1.21 bits per heavy atom. The molecular weight excluding hydrogens is 240 g/mol. The molecule has 2 rings (SSSR count). The molecule has 2 N–H and O–H groups in total. The Balaban J connectivity index is 1.73. The van der Waals surface area contributed by atoms with Crippen LogP contribution in [-0.2, 0) is 11.3 Å². The highest BCUT2D eigenvalue weighted by Gasteiger charge is 2.09. The van der Waals surface area contributed by atoms with Gasteiger partial charge in [-0.1, -0.05) is 12.1 Å². The molecule has 1 saturated heterocycles. The lowest BCUT2D eigenvalue weighted by Crippen LogP contribution is -2.40. The van der Waals surface area contributed by atoms with Crippen LogP contribution in [0.4, 0.5) is 0 Å². The van der Waals surface area contributed by atoms with Crippen LogP contribution in [0.15, 0.2) is 12.1 Å². The number of phenolic OH excluding ortho intramolecular Hbond substituents is 1. The number of aromatic hydroxyl groups is 1. The molecule has 0 radical (unpaired) electrons. The molecule has 1 heterocycles. The van der Waals surface area contributed by atoms with E-state index in [0.29, 0.717) is 5.75 Å². The summed E-state index contributed by atoms with van der Waals surface area (Å²) >= 11 is 0. The first-order valence-corrected chi connectivity index (χ1v) is 6.97. The number of rotatable bonds is 5. The van der Waals surface area contributed by atoms with Crippen LogP contribution in [0.1, 0.15) is 16.7 Å². The summed E-state index contributed by atoms with van der Waals surface area (Å²) in [6, 6.07) is 4.09. The molecule has 0 atom stereocenters. The highest BCUT2D eigenvalue weighted by molar-refractivity contribution is 5.42. The van der Waals surface area contributed by atoms with Gasteiger partial charge in [-0.15, -0.1) is 0 Å². The van der Waals surface area contributed by atoms with Gasteiger partial charge in [0.25, 0.3) is 0 Å². The molecule has 0 aliphatic carbocycles. The summed E-state index contributed by atoms with van der Waals surface area (Å²) < 4.78 is 5.33. The number of nitrogens with one attached hydrogen (secondary N) is 1. The van der Waals surface area contributed by atoms with Crippen molar-refractivity contribution < 1.29 is 9.84 Å². The van der Waals surface area contributed by atoms with Crippen LogP contribution in [0, 0.1) is 13.8 Å². The Morgan fingerprint density at radius 3 is 2.47 bits per heavy atom. The predicted molar refractivity (Wildman–Crippen MR) is 76.5 cm³/mol. The molecule has 0 aromatic heterocycles. The standard InChI is InChI=1S/C15H24N2O2/c1-12-9-14(10-13(2)15(12)18)11-16-3-4-17-5-7-19-8-6-17/h9-10,16,18H,3-8,11H2,1-2H3. The SMILES string of the molecule is Cc1cc(CNCCN2CCOCC2)cc(C)c1O. The normalized spacial score (nSPS) is 16.7. The second kappa shape index (κ2) is 6.89. The van der Waals surface area contributed by atoms with Crippen LogP contribution >= 0.6 is 0 Å². The van der Waals surface area contributed by atoms with Crippen LogP contribution in [0.3, 0.4) is 0 Å². The van der Waals surface area contributed by atoms with E-state index < -0.39 is 0 Å². The summed E-state index contributed by atoms with van der Waals surface area (Å²) in [5, 5.41) is 13.2. The van der Waals surface area contributed by atoms with Crippen molar-refractivity contribution in [1.82, 2.24) is 10.2 Å². The second-order valence-corrected chi connectivity index (χ2v) is 5.21. The zero-order valence-corrected chi connectivity index (χ0v) is 11.9. The molecule has 1 aliphatic heterocycles. The van der Waals surface area contributed by atoms with Crippen molar-refractivity contribution in [2.75, 3.05) is 39.4 Å². The van der Waals surface area contributed by atoms with Gasteiger partial charge in [0.1, 0.15) is 5.75 Å². The van der Waals surface area contributed by atoms with Gasteiger partial charge in [-0.25, -0.2) is 0 Å². The zero-order valence-electron chi connectivity index (χ0n) is 11.9. The lowest BCUT2D eigenvalue weighted by Gasteiger charge is -2.26. The summed E-state index contributed by atoms with van der Waals surface area (Å²) in [6.45, 7) is 10.6. The molecule has 0 unspecified atom stereocenters. The monoisotopic (exact) mass is 264 g/mol. The van der Waals surface area contributed by atoms with E-state index in [1.807, 2.05) is 26.0 Å². The van der Waals surface area contributed by atoms with E-state index in [0.717, 1.165) is 57.1 Å². The first kappa shape index (κ1) is 14.3.